The molecule has 0 spiro atoms. The number of carbonyl (C=O) groups is 3. The zero-order valence-corrected chi connectivity index (χ0v) is 25.2. The Labute approximate surface area is 245 Å². The van der Waals surface area contributed by atoms with Gasteiger partial charge in [-0.25, -0.2) is 8.42 Å². The van der Waals surface area contributed by atoms with Gasteiger partial charge in [0.25, 0.3) is 5.91 Å². The van der Waals surface area contributed by atoms with Gasteiger partial charge >= 0.3 is 5.92 Å². The maximum absolute atomic E-state index is 15.2. The predicted molar refractivity (Wildman–Crippen MR) is 151 cm³/mol. The number of rotatable bonds is 16. The summed E-state index contributed by atoms with van der Waals surface area (Å²) < 4.78 is 63.5. The van der Waals surface area contributed by atoms with E-state index in [1.165, 1.54) is 40.2 Å². The SMILES string of the molecule is COC[C@H](N)C(=O)N[C@H](C(=O)C[C@@H](C(C)C)[C@@H](O)C(F)(F)C(=O)NCCN1CCS(=O)(=O)CC1)c1ccc(OC)cc1. The van der Waals surface area contributed by atoms with Gasteiger partial charge in [-0.1, -0.05) is 26.0 Å². The molecule has 0 aromatic heterocycles. The molecule has 15 heteroatoms. The van der Waals surface area contributed by atoms with E-state index in [0.717, 1.165) is 0 Å². The largest absolute Gasteiger partial charge is 0.497 e. The highest BCUT2D eigenvalue weighted by Crippen LogP contribution is 2.33. The lowest BCUT2D eigenvalue weighted by Gasteiger charge is -2.32. The molecule has 42 heavy (non-hydrogen) atoms. The number of aliphatic hydroxyl groups excluding tert-OH is 1. The third-order valence-corrected chi connectivity index (χ3v) is 8.87. The van der Waals surface area contributed by atoms with Crippen LogP contribution in [-0.4, -0.2) is 113 Å². The Morgan fingerprint density at radius 3 is 2.24 bits per heavy atom. The molecule has 1 aromatic carbocycles. The fourth-order valence-corrected chi connectivity index (χ4v) is 5.81. The Morgan fingerprint density at radius 2 is 1.71 bits per heavy atom. The fraction of sp³-hybridized carbons (Fsp3) is 0.667. The van der Waals surface area contributed by atoms with Crippen molar-refractivity contribution in [3.8, 4) is 5.75 Å². The number of hydrogen-bond acceptors (Lipinski definition) is 10. The number of alkyl halides is 2. The average Bonchev–Trinajstić information content (AvgIpc) is 2.94. The number of sulfone groups is 1. The van der Waals surface area contributed by atoms with E-state index in [1.807, 2.05) is 0 Å². The molecule has 1 aromatic rings. The third-order valence-electron chi connectivity index (χ3n) is 7.26. The highest BCUT2D eigenvalue weighted by molar-refractivity contribution is 7.91. The second-order valence-electron chi connectivity index (χ2n) is 10.7. The third kappa shape index (κ3) is 9.93. The molecule has 0 unspecified atom stereocenters. The van der Waals surface area contributed by atoms with Crippen LogP contribution in [0.4, 0.5) is 8.78 Å². The minimum atomic E-state index is -4.24. The molecule has 1 aliphatic heterocycles. The van der Waals surface area contributed by atoms with E-state index in [-0.39, 0.29) is 44.3 Å². The summed E-state index contributed by atoms with van der Waals surface area (Å²) in [7, 11) is -0.306. The van der Waals surface area contributed by atoms with E-state index in [4.69, 9.17) is 15.2 Å². The molecular weight excluding hydrogens is 578 g/mol. The van der Waals surface area contributed by atoms with Gasteiger partial charge in [-0.2, -0.15) is 8.78 Å². The number of ether oxygens (including phenoxy) is 2. The summed E-state index contributed by atoms with van der Waals surface area (Å²) in [5.41, 5.74) is 6.14. The Bertz CT molecular complexity index is 1150. The first-order valence-corrected chi connectivity index (χ1v) is 15.4. The molecule has 0 radical (unpaired) electrons. The molecule has 2 rings (SSSR count). The van der Waals surface area contributed by atoms with Gasteiger partial charge in [-0.05, 0) is 23.6 Å². The zero-order chi connectivity index (χ0) is 31.7. The maximum Gasteiger partial charge on any atom is 0.349 e. The van der Waals surface area contributed by atoms with Gasteiger partial charge in [0.05, 0.1) is 25.2 Å². The van der Waals surface area contributed by atoms with E-state index < -0.39 is 69.8 Å². The number of nitrogens with zero attached hydrogens (tertiary/aromatic N) is 1. The molecular formula is C27H42F2N4O8S. The first-order valence-electron chi connectivity index (χ1n) is 13.6. The van der Waals surface area contributed by atoms with Crippen molar-refractivity contribution in [2.45, 2.75) is 44.4 Å². The molecule has 1 heterocycles. The number of hydrogen-bond donors (Lipinski definition) is 4. The fourth-order valence-electron chi connectivity index (χ4n) is 4.54. The first-order chi connectivity index (χ1) is 19.6. The van der Waals surface area contributed by atoms with Gasteiger partial charge < -0.3 is 30.9 Å². The van der Waals surface area contributed by atoms with Gasteiger partial charge in [0.15, 0.2) is 15.6 Å². The highest BCUT2D eigenvalue weighted by Gasteiger charge is 2.51. The monoisotopic (exact) mass is 620 g/mol. The maximum atomic E-state index is 15.2. The van der Waals surface area contributed by atoms with Crippen LogP contribution in [-0.2, 0) is 29.0 Å². The average molecular weight is 621 g/mol. The van der Waals surface area contributed by atoms with Gasteiger partial charge in [-0.3, -0.25) is 19.3 Å². The number of nitrogens with one attached hydrogen (secondary N) is 2. The van der Waals surface area contributed by atoms with Crippen molar-refractivity contribution in [1.29, 1.82) is 0 Å². The predicted octanol–water partition coefficient (Wildman–Crippen LogP) is -0.0996. The number of methoxy groups -OCH3 is 2. The van der Waals surface area contributed by atoms with Crippen molar-refractivity contribution < 1.29 is 46.2 Å². The summed E-state index contributed by atoms with van der Waals surface area (Å²) >= 11 is 0. The van der Waals surface area contributed by atoms with Crippen LogP contribution >= 0.6 is 0 Å². The van der Waals surface area contributed by atoms with Crippen LogP contribution in [0.1, 0.15) is 31.9 Å². The van der Waals surface area contributed by atoms with Crippen molar-refractivity contribution in [3.05, 3.63) is 29.8 Å². The lowest BCUT2D eigenvalue weighted by molar-refractivity contribution is -0.173. The summed E-state index contributed by atoms with van der Waals surface area (Å²) in [6.07, 6.45) is -3.09. The van der Waals surface area contributed by atoms with Crippen LogP contribution in [0, 0.1) is 11.8 Å². The van der Waals surface area contributed by atoms with E-state index in [9.17, 15) is 27.9 Å². The number of ketones is 1. The molecule has 0 bridgehead atoms. The number of amides is 2. The van der Waals surface area contributed by atoms with Crippen molar-refractivity contribution in [2.75, 3.05) is 58.5 Å². The number of benzene rings is 1. The summed E-state index contributed by atoms with van der Waals surface area (Å²) in [6.45, 7) is 3.40. The number of carbonyl (C=O) groups excluding carboxylic acids is 3. The molecule has 4 atom stereocenters. The van der Waals surface area contributed by atoms with Crippen LogP contribution in [0.3, 0.4) is 0 Å². The standard InChI is InChI=1S/C27H42F2N4O8S/c1-17(2)20(24(35)27(28,29)26(37)31-9-10-33-11-13-42(38,39)14-12-33)15-22(34)23(32-25(36)21(30)16-40-3)18-5-7-19(41-4)8-6-18/h5-8,17,20-21,23-24,35H,9-16,30H2,1-4H3,(H,31,37)(H,32,36)/t20-,21-,23-,24+/m0/s1. The number of nitrogens with two attached hydrogens (primary N) is 1. The molecule has 1 fully saturated rings. The Balaban J connectivity index is 2.15. The summed E-state index contributed by atoms with van der Waals surface area (Å²) in [6, 6.07) is 3.81. The van der Waals surface area contributed by atoms with Crippen LogP contribution in [0.5, 0.6) is 5.75 Å². The summed E-state index contributed by atoms with van der Waals surface area (Å²) in [5.74, 6) is -8.93. The Morgan fingerprint density at radius 1 is 1.12 bits per heavy atom. The van der Waals surface area contributed by atoms with Gasteiger partial charge in [0, 0.05) is 45.6 Å². The number of Topliss-reactive ketones (excluding diaryl/α,β-unsaturated/α-hetero) is 1. The second kappa shape index (κ2) is 15.7. The van der Waals surface area contributed by atoms with E-state index >= 15 is 8.78 Å². The van der Waals surface area contributed by atoms with Crippen molar-refractivity contribution in [3.63, 3.8) is 0 Å². The van der Waals surface area contributed by atoms with Crippen molar-refractivity contribution in [1.82, 2.24) is 15.5 Å². The normalized spacial score (nSPS) is 18.5. The minimum absolute atomic E-state index is 0.0454. The molecule has 1 aliphatic rings. The van der Waals surface area contributed by atoms with Crippen molar-refractivity contribution >= 4 is 27.4 Å². The number of halogens is 2. The van der Waals surface area contributed by atoms with Crippen LogP contribution in [0.15, 0.2) is 24.3 Å². The van der Waals surface area contributed by atoms with Crippen LogP contribution in [0.25, 0.3) is 0 Å². The van der Waals surface area contributed by atoms with Crippen LogP contribution < -0.4 is 21.1 Å². The zero-order valence-electron chi connectivity index (χ0n) is 24.3. The minimum Gasteiger partial charge on any atom is -0.497 e. The smallest absolute Gasteiger partial charge is 0.349 e. The van der Waals surface area contributed by atoms with Crippen LogP contribution in [0.2, 0.25) is 0 Å². The van der Waals surface area contributed by atoms with E-state index in [1.54, 1.807) is 17.0 Å². The van der Waals surface area contributed by atoms with Crippen molar-refractivity contribution in [2.24, 2.45) is 17.6 Å². The molecule has 1 saturated heterocycles. The van der Waals surface area contributed by atoms with Gasteiger partial charge in [-0.15, -0.1) is 0 Å². The number of aliphatic hydroxyl groups is 1. The van der Waals surface area contributed by atoms with Gasteiger partial charge in [0.1, 0.15) is 23.9 Å². The van der Waals surface area contributed by atoms with Gasteiger partial charge in [0.2, 0.25) is 5.91 Å². The quantitative estimate of drug-likeness (QED) is 0.195. The first kappa shape index (κ1) is 35.5. The molecule has 2 amide bonds. The molecule has 238 valence electrons. The lowest BCUT2D eigenvalue weighted by atomic mass is 9.81. The Kier molecular flexibility index (Phi) is 13.2. The highest BCUT2D eigenvalue weighted by atomic mass is 32.2. The summed E-state index contributed by atoms with van der Waals surface area (Å²) in [5, 5.41) is 15.4. The van der Waals surface area contributed by atoms with E-state index in [2.05, 4.69) is 10.6 Å². The summed E-state index contributed by atoms with van der Waals surface area (Å²) in [4.78, 5) is 40.3. The lowest BCUT2D eigenvalue weighted by Crippen LogP contribution is -2.54. The van der Waals surface area contributed by atoms with E-state index in [0.29, 0.717) is 11.3 Å². The Hall–Kier alpha value is -2.72. The second-order valence-corrected chi connectivity index (χ2v) is 13.0. The molecule has 12 nitrogen and oxygen atoms in total. The molecule has 0 saturated carbocycles. The molecule has 0 aliphatic carbocycles. The topological polar surface area (TPSA) is 177 Å². The molecule has 5 N–H and O–H groups in total.